The highest BCUT2D eigenvalue weighted by molar-refractivity contribution is 5.82. The molecule has 1 saturated carbocycles. The van der Waals surface area contributed by atoms with Gasteiger partial charge in [0.1, 0.15) is 5.82 Å². The zero-order valence-electron chi connectivity index (χ0n) is 17.2. The highest BCUT2D eigenvalue weighted by Gasteiger charge is 2.58. The molecule has 1 unspecified atom stereocenters. The van der Waals surface area contributed by atoms with Crippen LogP contribution in [-0.2, 0) is 11.2 Å². The van der Waals surface area contributed by atoms with E-state index in [-0.39, 0.29) is 11.7 Å². The summed E-state index contributed by atoms with van der Waals surface area (Å²) in [7, 11) is 1.96. The molecule has 2 fully saturated rings. The van der Waals surface area contributed by atoms with Crippen molar-refractivity contribution in [2.45, 2.75) is 44.9 Å². The van der Waals surface area contributed by atoms with E-state index >= 15 is 0 Å². The maximum absolute atomic E-state index is 13.0. The largest absolute Gasteiger partial charge is 0.346 e. The SMILES string of the molecule is CN(CCCCCc1cc(-c2ccc(F)cc2)n[nH]1)C(=O)C1CC12CCNCC2. The van der Waals surface area contributed by atoms with Gasteiger partial charge in [0, 0.05) is 30.8 Å². The first-order chi connectivity index (χ1) is 14.1. The van der Waals surface area contributed by atoms with Crippen LogP contribution in [-0.4, -0.2) is 47.7 Å². The second-order valence-corrected chi connectivity index (χ2v) is 8.72. The van der Waals surface area contributed by atoms with Gasteiger partial charge < -0.3 is 10.2 Å². The normalized spacial score (nSPS) is 20.0. The van der Waals surface area contributed by atoms with Crippen molar-refractivity contribution in [1.29, 1.82) is 0 Å². The minimum absolute atomic E-state index is 0.236. The van der Waals surface area contributed by atoms with Crippen LogP contribution in [0.3, 0.4) is 0 Å². The molecule has 29 heavy (non-hydrogen) atoms. The van der Waals surface area contributed by atoms with E-state index in [4.69, 9.17) is 0 Å². The Kier molecular flexibility index (Phi) is 5.99. The summed E-state index contributed by atoms with van der Waals surface area (Å²) in [6.07, 6.45) is 7.51. The molecule has 4 rings (SSSR count). The fourth-order valence-corrected chi connectivity index (χ4v) is 4.65. The van der Waals surface area contributed by atoms with Crippen LogP contribution in [0.15, 0.2) is 30.3 Å². The van der Waals surface area contributed by atoms with Crippen molar-refractivity contribution in [2.75, 3.05) is 26.7 Å². The number of hydrogen-bond donors (Lipinski definition) is 2. The van der Waals surface area contributed by atoms with E-state index < -0.39 is 0 Å². The van der Waals surface area contributed by atoms with Gasteiger partial charge in [-0.3, -0.25) is 9.89 Å². The van der Waals surface area contributed by atoms with Crippen LogP contribution in [0.4, 0.5) is 4.39 Å². The van der Waals surface area contributed by atoms with Gasteiger partial charge in [0.15, 0.2) is 0 Å². The molecular weight excluding hydrogens is 367 g/mol. The van der Waals surface area contributed by atoms with Gasteiger partial charge in [-0.2, -0.15) is 5.10 Å². The number of rotatable bonds is 8. The Hall–Kier alpha value is -2.21. The first-order valence-corrected chi connectivity index (χ1v) is 10.8. The second-order valence-electron chi connectivity index (χ2n) is 8.72. The number of H-pyrrole nitrogens is 1. The van der Waals surface area contributed by atoms with Crippen molar-refractivity contribution in [3.05, 3.63) is 41.8 Å². The molecule has 2 aliphatic rings. The smallest absolute Gasteiger partial charge is 0.226 e. The molecular formula is C23H31FN4O. The zero-order chi connectivity index (χ0) is 20.3. The Morgan fingerprint density at radius 1 is 1.21 bits per heavy atom. The molecule has 1 aliphatic carbocycles. The van der Waals surface area contributed by atoms with Gasteiger partial charge >= 0.3 is 0 Å². The van der Waals surface area contributed by atoms with Gasteiger partial charge in [-0.15, -0.1) is 0 Å². The van der Waals surface area contributed by atoms with E-state index in [0.717, 1.165) is 81.5 Å². The van der Waals surface area contributed by atoms with E-state index in [0.29, 0.717) is 11.3 Å². The van der Waals surface area contributed by atoms with Crippen LogP contribution in [0.2, 0.25) is 0 Å². The standard InChI is InChI=1S/C23H31FN4O/c1-28(22(29)20-16-23(20)10-12-25-13-11-23)14-4-2-3-5-19-15-21(27-26-19)17-6-8-18(24)9-7-17/h6-9,15,20,25H,2-5,10-14,16H2,1H3,(H,26,27). The van der Waals surface area contributed by atoms with Crippen LogP contribution in [0, 0.1) is 17.2 Å². The minimum Gasteiger partial charge on any atom is -0.346 e. The number of benzene rings is 1. The number of hydrogen-bond acceptors (Lipinski definition) is 3. The molecule has 0 radical (unpaired) electrons. The molecule has 0 bridgehead atoms. The minimum atomic E-state index is -0.236. The molecule has 6 heteroatoms. The summed E-state index contributed by atoms with van der Waals surface area (Å²) < 4.78 is 13.0. The molecule has 2 aromatic rings. The van der Waals surface area contributed by atoms with Crippen molar-refractivity contribution < 1.29 is 9.18 Å². The molecule has 5 nitrogen and oxygen atoms in total. The number of amides is 1. The van der Waals surface area contributed by atoms with E-state index in [1.54, 1.807) is 12.1 Å². The number of nitrogens with one attached hydrogen (secondary N) is 2. The van der Waals surface area contributed by atoms with Gasteiger partial charge in [0.05, 0.1) is 5.69 Å². The number of aryl methyl sites for hydroxylation is 1. The fraction of sp³-hybridized carbons (Fsp3) is 0.565. The molecule has 2 heterocycles. The molecule has 1 amide bonds. The number of aromatic amines is 1. The Balaban J connectivity index is 1.15. The van der Waals surface area contributed by atoms with E-state index in [1.807, 2.05) is 18.0 Å². The maximum atomic E-state index is 13.0. The number of nitrogens with zero attached hydrogens (tertiary/aromatic N) is 2. The van der Waals surface area contributed by atoms with Crippen LogP contribution < -0.4 is 5.32 Å². The fourth-order valence-electron chi connectivity index (χ4n) is 4.65. The van der Waals surface area contributed by atoms with Crippen LogP contribution >= 0.6 is 0 Å². The number of carbonyl (C=O) groups is 1. The summed E-state index contributed by atoms with van der Waals surface area (Å²) in [6.45, 7) is 2.96. The summed E-state index contributed by atoms with van der Waals surface area (Å²) in [5, 5.41) is 10.8. The summed E-state index contributed by atoms with van der Waals surface area (Å²) in [5.41, 5.74) is 3.18. The Bertz CT molecular complexity index is 826. The van der Waals surface area contributed by atoms with Crippen molar-refractivity contribution in [1.82, 2.24) is 20.4 Å². The summed E-state index contributed by atoms with van der Waals surface area (Å²) in [5.74, 6) is 0.384. The number of piperidine rings is 1. The zero-order valence-corrected chi connectivity index (χ0v) is 17.2. The summed E-state index contributed by atoms with van der Waals surface area (Å²) in [6, 6.07) is 8.44. The van der Waals surface area contributed by atoms with Gasteiger partial charge in [0.2, 0.25) is 5.91 Å². The third kappa shape index (κ3) is 4.69. The van der Waals surface area contributed by atoms with Gasteiger partial charge in [-0.1, -0.05) is 6.42 Å². The van der Waals surface area contributed by atoms with E-state index in [2.05, 4.69) is 15.5 Å². The lowest BCUT2D eigenvalue weighted by Crippen LogP contribution is -2.35. The van der Waals surface area contributed by atoms with E-state index in [9.17, 15) is 9.18 Å². The van der Waals surface area contributed by atoms with Crippen LogP contribution in [0.25, 0.3) is 11.3 Å². The van der Waals surface area contributed by atoms with E-state index in [1.165, 1.54) is 12.1 Å². The Morgan fingerprint density at radius 2 is 1.97 bits per heavy atom. The number of carbonyl (C=O) groups excluding carboxylic acids is 1. The van der Waals surface area contributed by atoms with Crippen LogP contribution in [0.1, 0.15) is 44.2 Å². The molecule has 1 saturated heterocycles. The predicted octanol–water partition coefficient (Wildman–Crippen LogP) is 3.78. The third-order valence-corrected chi connectivity index (χ3v) is 6.67. The quantitative estimate of drug-likeness (QED) is 0.666. The third-order valence-electron chi connectivity index (χ3n) is 6.67. The molecule has 1 spiro atoms. The molecule has 2 N–H and O–H groups in total. The van der Waals surface area contributed by atoms with Crippen molar-refractivity contribution in [3.63, 3.8) is 0 Å². The number of halogens is 1. The molecule has 1 aromatic carbocycles. The Morgan fingerprint density at radius 3 is 2.72 bits per heavy atom. The van der Waals surface area contributed by atoms with Crippen molar-refractivity contribution >= 4 is 5.91 Å². The van der Waals surface area contributed by atoms with Gasteiger partial charge in [-0.25, -0.2) is 4.39 Å². The van der Waals surface area contributed by atoms with Crippen molar-refractivity contribution in [3.8, 4) is 11.3 Å². The lowest BCUT2D eigenvalue weighted by molar-refractivity contribution is -0.132. The van der Waals surface area contributed by atoms with Gasteiger partial charge in [0.25, 0.3) is 0 Å². The lowest BCUT2D eigenvalue weighted by atomic mass is 9.91. The monoisotopic (exact) mass is 398 g/mol. The molecule has 1 aliphatic heterocycles. The molecule has 156 valence electrons. The first kappa shape index (κ1) is 20.1. The average Bonchev–Trinajstić information content (AvgIpc) is 3.20. The second kappa shape index (κ2) is 8.66. The highest BCUT2D eigenvalue weighted by Crippen LogP contribution is 2.59. The summed E-state index contributed by atoms with van der Waals surface area (Å²) in [4.78, 5) is 14.6. The van der Waals surface area contributed by atoms with Crippen LogP contribution in [0.5, 0.6) is 0 Å². The lowest BCUT2D eigenvalue weighted by Gasteiger charge is -2.25. The highest BCUT2D eigenvalue weighted by atomic mass is 19.1. The predicted molar refractivity (Wildman–Crippen MR) is 112 cm³/mol. The average molecular weight is 399 g/mol. The first-order valence-electron chi connectivity index (χ1n) is 10.8. The molecule has 1 aromatic heterocycles. The Labute approximate surface area is 172 Å². The topological polar surface area (TPSA) is 61.0 Å². The number of unbranched alkanes of at least 4 members (excludes halogenated alkanes) is 2. The molecule has 1 atom stereocenters. The number of aromatic nitrogens is 2. The summed E-state index contributed by atoms with van der Waals surface area (Å²) >= 11 is 0. The van der Waals surface area contributed by atoms with Crippen molar-refractivity contribution in [2.24, 2.45) is 11.3 Å². The van der Waals surface area contributed by atoms with Gasteiger partial charge in [-0.05, 0) is 87.4 Å². The maximum Gasteiger partial charge on any atom is 0.226 e.